The van der Waals surface area contributed by atoms with Gasteiger partial charge in [0.15, 0.2) is 96.6 Å². The number of aliphatic hydroxyl groups excluding tert-OH is 8. The van der Waals surface area contributed by atoms with E-state index in [-0.39, 0.29) is 141 Å². The number of carbonyl (C=O) groups is 1. The number of carbonyl (C=O) groups excluding carboxylic acids is 1. The monoisotopic (exact) mass is 1920 g/mol. The Labute approximate surface area is 803 Å². The molecule has 0 spiro atoms. The van der Waals surface area contributed by atoms with Crippen LogP contribution in [-0.2, 0) is 158 Å². The summed E-state index contributed by atoms with van der Waals surface area (Å²) in [6.07, 6.45) is -9.15. The van der Waals surface area contributed by atoms with E-state index < -0.39 is 168 Å². The second kappa shape index (κ2) is 46.6. The second-order valence-electron chi connectivity index (χ2n) is 38.8. The topological polar surface area (TPSA) is 495 Å². The largest absolute Gasteiger partial charge is 1.00 e. The van der Waals surface area contributed by atoms with Crippen LogP contribution < -0.4 is 29.6 Å². The van der Waals surface area contributed by atoms with Gasteiger partial charge in [-0.05, 0) is 152 Å². The molecule has 762 valence electrons. The quantitative estimate of drug-likeness (QED) is 0.0561. The van der Waals surface area contributed by atoms with E-state index in [9.17, 15) is 35.4 Å². The van der Waals surface area contributed by atoms with Crippen molar-refractivity contribution in [2.75, 3.05) is 96.0 Å². The summed E-state index contributed by atoms with van der Waals surface area (Å²) in [4.78, 5) is 10.7. The number of hydrogen-bond donors (Lipinski definition) is 8. The third-order valence-corrected chi connectivity index (χ3v) is 24.6. The molecule has 16 aliphatic rings. The molecule has 0 saturated carbocycles. The van der Waals surface area contributed by atoms with Crippen LogP contribution in [0, 0.1) is 12.8 Å². The van der Waals surface area contributed by atoms with Crippen LogP contribution in [0.2, 0.25) is 0 Å². The molecule has 31 atom stereocenters. The number of rotatable bonds is 19. The summed E-state index contributed by atoms with van der Waals surface area (Å²) in [6.45, 7) is 42.7. The van der Waals surface area contributed by atoms with E-state index in [0.29, 0.717) is 32.3 Å². The summed E-state index contributed by atoms with van der Waals surface area (Å²) in [5.41, 5.74) is -1.15. The van der Waals surface area contributed by atoms with E-state index in [4.69, 9.17) is 157 Å². The van der Waals surface area contributed by atoms with Crippen LogP contribution in [0.5, 0.6) is 0 Å². The summed E-state index contributed by atoms with van der Waals surface area (Å²) >= 11 is 0. The fourth-order valence-corrected chi connectivity index (χ4v) is 18.8. The third kappa shape index (κ3) is 26.8. The van der Waals surface area contributed by atoms with Gasteiger partial charge in [-0.1, -0.05) is 70.2 Å². The normalized spacial score (nSPS) is 41.2. The van der Waals surface area contributed by atoms with Crippen molar-refractivity contribution in [3.05, 3.63) is 55.0 Å². The molecule has 9 N–H and O–H groups in total. The van der Waals surface area contributed by atoms with Crippen LogP contribution in [0.4, 0.5) is 0 Å². The summed E-state index contributed by atoms with van der Waals surface area (Å²) in [6, 6.07) is 15.3. The van der Waals surface area contributed by atoms with Gasteiger partial charge in [0.25, 0.3) is 0 Å². The van der Waals surface area contributed by atoms with Crippen molar-refractivity contribution in [2.45, 2.75) is 406 Å². The molecule has 2 aromatic carbocycles. The molecule has 0 bridgehead atoms. The number of methoxy groups -OCH3 is 6. The van der Waals surface area contributed by atoms with E-state index in [2.05, 4.69) is 63.2 Å². The number of benzene rings is 2. The van der Waals surface area contributed by atoms with Gasteiger partial charge < -0.3 is 193 Å². The van der Waals surface area contributed by atoms with Gasteiger partial charge in [0.05, 0.1) is 46.2 Å². The van der Waals surface area contributed by atoms with E-state index in [1.807, 2.05) is 69.2 Å². The first-order valence-electron chi connectivity index (χ1n) is 44.9. The molecule has 0 amide bonds. The van der Waals surface area contributed by atoms with Gasteiger partial charge in [-0.25, -0.2) is 0 Å². The van der Waals surface area contributed by atoms with Gasteiger partial charge in [0, 0.05) is 56.7 Å². The van der Waals surface area contributed by atoms with Crippen molar-refractivity contribution in [3.63, 3.8) is 0 Å². The van der Waals surface area contributed by atoms with Crippen LogP contribution in [-0.4, -0.2) is 390 Å². The van der Waals surface area contributed by atoms with Gasteiger partial charge in [0.2, 0.25) is 0 Å². The summed E-state index contributed by atoms with van der Waals surface area (Å²) < 4.78 is 173. The Balaban J connectivity index is 0.000000187. The molecule has 16 fully saturated rings. The van der Waals surface area contributed by atoms with E-state index >= 15 is 0 Å². The molecule has 16 heterocycles. The van der Waals surface area contributed by atoms with Gasteiger partial charge in [0.1, 0.15) is 152 Å². The molecule has 16 saturated heterocycles. The zero-order chi connectivity index (χ0) is 97.1. The second-order valence-corrected chi connectivity index (χ2v) is 38.8. The molecule has 0 aliphatic carbocycles. The van der Waals surface area contributed by atoms with Crippen LogP contribution in [0.1, 0.15) is 164 Å². The Morgan fingerprint density at radius 2 is 0.767 bits per heavy atom. The van der Waals surface area contributed by atoms with Crippen molar-refractivity contribution < 1.29 is 228 Å². The molecular formula is C91H152NaO41+. The average Bonchev–Trinajstić information content (AvgIpc) is 1.59. The van der Waals surface area contributed by atoms with Gasteiger partial charge in [-0.2, -0.15) is 0 Å². The minimum absolute atomic E-state index is 0. The SMILES string of the molecule is CC(C)Cc1ccc2ccccc2c1.CC1(C)OCC([C@H]2O[C@@H]3OC(C)(C)O[C@@H]3[C@H]2O)O1.CC[C@]1(CO)O[C@@H]2OC(C)(C)O[C@@H]2[C@H]1OC.CO.CO[C@@H]1[C@H]2OC(C)(C)O[C@H]2OC1(CO)CO.CO[C@@H]1[C@H]2OC(C)(C)O[C@H]2O[C@@H]1C(O)CO.CO[C@@H]1[C@H]2OC(C)(C)O[C@H]2O[C@@H]1C1COC(C)(C)O1.CO[C@@H]1[C@H]2OC(C)(C)O[C@H]2O[C@@H]1C=O.[CH2+]C1(C)O[C@H]2O[C@@](CC)(CO)[C@H](OC)[C@H]2O1.[Na+].[OH-]. The molecule has 2 aromatic rings. The molecule has 41 nitrogen and oxygen atoms in total. The summed E-state index contributed by atoms with van der Waals surface area (Å²) in [5, 5.41) is 76.0. The molecule has 0 radical (unpaired) electrons. The molecule has 0 aromatic heterocycles. The molecular weight excluding hydrogens is 1770 g/mol. The number of fused-ring (bicyclic) bond motifs is 8. The Kier molecular flexibility index (Phi) is 40.6. The van der Waals surface area contributed by atoms with Gasteiger partial charge in [-0.3, -0.25) is 4.74 Å². The predicted molar refractivity (Wildman–Crippen MR) is 459 cm³/mol. The number of ether oxygens (including phenoxy) is 31. The first-order chi connectivity index (χ1) is 61.3. The first kappa shape index (κ1) is 116. The van der Waals surface area contributed by atoms with Gasteiger partial charge in [-0.15, -0.1) is 0 Å². The molecule has 4 unspecified atom stereocenters. The molecule has 42 heteroatoms. The standard InChI is InChI=1S/C14H16.C13H22O6.C12H20O6.C11H20O5.C11H19O5.2C10H18O6.C9H14O5.CH4O.Na.H2O/c1-11(2)9-12-7-8-13-5-3-4-6-14(13)10-12;1-12(2)15-6-7(17-12)8-9(14-5)10-11(16-8)19-13(3,4)18-10;1-11(2)14-5-6(16-11)8-7(13)9-10(15-8)18-12(3,4)17-9;2*1-5-11(6-12)8(13-4)7-9(16-11)15-10(2,3)14-7;1-9(2)14-6-7(13-3)10(4-11,5-12)16-8(6)15-9;1-10(2)15-8-7(13-3)6(5(12)4-11)14-9(8)16-10;1-9(2)13-7-6(11-3)5(4-10)12-8(7)14-9;1-2;;/h3-8,10-11H,9H2,1-2H3;7-11H,6H2,1-5H3;6-10,13H,5H2,1-4H3;7-9,12H,5-6H2,1-4H3;7-9,12H,2,5-6H2,1,3-4H3;6-8,11-12H,4-5H2,1-3H3;5-9,11-12H,4H2,1-3H3;4-8H,1-3H3;2H,1H3;;1H2/q;;;;+1;;;;;+1;/p-1/t;7?,8-,9+,10-,11-;6?,7-,8+,9+,10+;7-,8-,9+,11-;7-,8-,9+,10?,11+;6-,7-,8+;5?,6-,7+,8-,9-;5-,6+,7-,8-;;;/m.1011111.../s1. The van der Waals surface area contributed by atoms with Crippen molar-refractivity contribution >= 4 is 17.1 Å². The minimum atomic E-state index is -1.15. The fourth-order valence-electron chi connectivity index (χ4n) is 18.8. The Bertz CT molecular complexity index is 3730. The molecule has 133 heavy (non-hydrogen) atoms. The van der Waals surface area contributed by atoms with E-state index in [1.165, 1.54) is 44.1 Å². The van der Waals surface area contributed by atoms with Crippen molar-refractivity contribution in [2.24, 2.45) is 5.92 Å². The minimum Gasteiger partial charge on any atom is -0.870 e. The summed E-state index contributed by atoms with van der Waals surface area (Å²) in [7, 11) is 10.4. The Morgan fingerprint density at radius 3 is 1.17 bits per heavy atom. The maximum absolute atomic E-state index is 10.7. The Hall–Kier alpha value is -2.36. The zero-order valence-electron chi connectivity index (χ0n) is 82.7. The summed E-state index contributed by atoms with van der Waals surface area (Å²) in [5.74, 6) is -5.49. The Morgan fingerprint density at radius 1 is 0.406 bits per heavy atom. The van der Waals surface area contributed by atoms with Crippen LogP contribution in [0.25, 0.3) is 10.8 Å². The van der Waals surface area contributed by atoms with Gasteiger partial charge >= 0.3 is 35.3 Å². The van der Waals surface area contributed by atoms with Crippen LogP contribution >= 0.6 is 0 Å². The van der Waals surface area contributed by atoms with Crippen molar-refractivity contribution in [1.29, 1.82) is 0 Å². The van der Waals surface area contributed by atoms with Crippen LogP contribution in [0.3, 0.4) is 0 Å². The number of aliphatic hydroxyl groups is 8. The maximum Gasteiger partial charge on any atom is 1.00 e. The molecule has 16 aliphatic heterocycles. The van der Waals surface area contributed by atoms with Crippen LogP contribution in [0.15, 0.2) is 42.5 Å². The predicted octanol–water partition coefficient (Wildman–Crippen LogP) is 1.53. The van der Waals surface area contributed by atoms with E-state index in [0.717, 1.165) is 13.0 Å². The maximum atomic E-state index is 10.7. The fraction of sp³-hybridized carbons (Fsp3) is 0.868. The first-order valence-corrected chi connectivity index (χ1v) is 44.9. The zero-order valence-corrected chi connectivity index (χ0v) is 84.7. The number of aldehydes is 1. The average molecular weight is 1930 g/mol. The van der Waals surface area contributed by atoms with Crippen molar-refractivity contribution in [1.82, 2.24) is 0 Å². The molecule has 18 rings (SSSR count). The third-order valence-electron chi connectivity index (χ3n) is 24.6. The van der Waals surface area contributed by atoms with E-state index in [1.54, 1.807) is 83.6 Å². The van der Waals surface area contributed by atoms with Crippen molar-refractivity contribution in [3.8, 4) is 0 Å². The smallest absolute Gasteiger partial charge is 0.870 e. The number of hydrogen-bond acceptors (Lipinski definition) is 41.